The Morgan fingerprint density at radius 3 is 2.58 bits per heavy atom. The van der Waals surface area contributed by atoms with Crippen LogP contribution in [0.15, 0.2) is 30.6 Å². The SMILES string of the molecule is O=S1(=O)CCn2cnc(-c3ccc(OC4CCC(F)(F)CC4)cc3)c2N1. The first-order valence-electron chi connectivity index (χ1n) is 8.52. The summed E-state index contributed by atoms with van der Waals surface area (Å²) in [5, 5.41) is 0. The van der Waals surface area contributed by atoms with Gasteiger partial charge < -0.3 is 9.30 Å². The summed E-state index contributed by atoms with van der Waals surface area (Å²) in [7, 11) is -3.33. The van der Waals surface area contributed by atoms with E-state index in [9.17, 15) is 17.2 Å². The van der Waals surface area contributed by atoms with E-state index in [1.165, 1.54) is 0 Å². The van der Waals surface area contributed by atoms with Crippen molar-refractivity contribution < 1.29 is 21.9 Å². The molecule has 1 aromatic carbocycles. The second kappa shape index (κ2) is 6.22. The number of fused-ring (bicyclic) bond motifs is 1. The smallest absolute Gasteiger partial charge is 0.248 e. The van der Waals surface area contributed by atoms with Crippen molar-refractivity contribution in [2.24, 2.45) is 0 Å². The van der Waals surface area contributed by atoms with Gasteiger partial charge >= 0.3 is 0 Å². The molecule has 9 heteroatoms. The molecular weight excluding hydrogens is 364 g/mol. The highest BCUT2D eigenvalue weighted by molar-refractivity contribution is 7.92. The van der Waals surface area contributed by atoms with Gasteiger partial charge in [0.25, 0.3) is 0 Å². The summed E-state index contributed by atoms with van der Waals surface area (Å²) < 4.78 is 60.1. The summed E-state index contributed by atoms with van der Waals surface area (Å²) >= 11 is 0. The molecule has 2 aromatic rings. The average molecular weight is 383 g/mol. The Balaban J connectivity index is 1.48. The monoisotopic (exact) mass is 383 g/mol. The van der Waals surface area contributed by atoms with E-state index in [2.05, 4.69) is 9.71 Å². The van der Waals surface area contributed by atoms with Gasteiger partial charge in [-0.15, -0.1) is 0 Å². The Morgan fingerprint density at radius 2 is 1.88 bits per heavy atom. The molecule has 0 bridgehead atoms. The second-order valence-electron chi connectivity index (χ2n) is 6.75. The maximum absolute atomic E-state index is 13.2. The molecule has 0 amide bonds. The maximum atomic E-state index is 13.2. The quantitative estimate of drug-likeness (QED) is 0.883. The minimum Gasteiger partial charge on any atom is -0.490 e. The Morgan fingerprint density at radius 1 is 1.19 bits per heavy atom. The highest BCUT2D eigenvalue weighted by Gasteiger charge is 2.35. The fourth-order valence-corrected chi connectivity index (χ4v) is 4.35. The van der Waals surface area contributed by atoms with Crippen LogP contribution in [0, 0.1) is 0 Å². The number of halogens is 2. The van der Waals surface area contributed by atoms with Crippen LogP contribution in [0.1, 0.15) is 25.7 Å². The van der Waals surface area contributed by atoms with Gasteiger partial charge in [-0.25, -0.2) is 22.2 Å². The van der Waals surface area contributed by atoms with Crippen LogP contribution in [0.25, 0.3) is 11.3 Å². The highest BCUT2D eigenvalue weighted by Crippen LogP contribution is 2.35. The lowest BCUT2D eigenvalue weighted by atomic mass is 9.94. The summed E-state index contributed by atoms with van der Waals surface area (Å²) in [6.07, 6.45) is 1.80. The number of hydrogen-bond donors (Lipinski definition) is 1. The number of anilines is 1. The van der Waals surface area contributed by atoms with Crippen LogP contribution in [0.3, 0.4) is 0 Å². The van der Waals surface area contributed by atoms with Gasteiger partial charge in [-0.1, -0.05) is 0 Å². The number of alkyl halides is 2. The number of aryl methyl sites for hydroxylation is 1. The molecule has 2 aliphatic rings. The zero-order valence-electron chi connectivity index (χ0n) is 14.0. The molecule has 4 rings (SSSR count). The van der Waals surface area contributed by atoms with Crippen molar-refractivity contribution in [2.75, 3.05) is 10.5 Å². The van der Waals surface area contributed by atoms with Crippen LogP contribution >= 0.6 is 0 Å². The third-order valence-corrected chi connectivity index (χ3v) is 6.01. The third kappa shape index (κ3) is 3.53. The van der Waals surface area contributed by atoms with E-state index in [0.29, 0.717) is 36.6 Å². The van der Waals surface area contributed by atoms with Gasteiger partial charge in [-0.3, -0.25) is 4.72 Å². The minimum atomic E-state index is -3.33. The van der Waals surface area contributed by atoms with Gasteiger partial charge in [0.05, 0.1) is 18.2 Å². The molecule has 1 aliphatic heterocycles. The number of benzene rings is 1. The molecule has 1 N–H and O–H groups in total. The van der Waals surface area contributed by atoms with Gasteiger partial charge in [-0.05, 0) is 37.1 Å². The van der Waals surface area contributed by atoms with Gasteiger partial charge in [0.15, 0.2) is 0 Å². The Bertz CT molecular complexity index is 900. The Hall–Kier alpha value is -2.16. The zero-order chi connectivity index (χ0) is 18.4. The lowest BCUT2D eigenvalue weighted by molar-refractivity contribution is -0.0582. The number of imidazole rings is 1. The molecule has 1 aromatic heterocycles. The Labute approximate surface area is 150 Å². The molecule has 26 heavy (non-hydrogen) atoms. The molecule has 140 valence electrons. The van der Waals surface area contributed by atoms with E-state index < -0.39 is 15.9 Å². The predicted octanol–water partition coefficient (Wildman–Crippen LogP) is 3.26. The minimum absolute atomic E-state index is 0.0308. The van der Waals surface area contributed by atoms with Crippen molar-refractivity contribution in [2.45, 2.75) is 44.3 Å². The fourth-order valence-electron chi connectivity index (χ4n) is 3.30. The zero-order valence-corrected chi connectivity index (χ0v) is 14.8. The van der Waals surface area contributed by atoms with Gasteiger partial charge in [-0.2, -0.15) is 0 Å². The van der Waals surface area contributed by atoms with E-state index >= 15 is 0 Å². The van der Waals surface area contributed by atoms with Crippen molar-refractivity contribution in [1.29, 1.82) is 0 Å². The van der Waals surface area contributed by atoms with Gasteiger partial charge in [0.2, 0.25) is 15.9 Å². The lowest BCUT2D eigenvalue weighted by Gasteiger charge is -2.28. The van der Waals surface area contributed by atoms with Gasteiger partial charge in [0.1, 0.15) is 17.3 Å². The molecule has 0 unspecified atom stereocenters. The fraction of sp³-hybridized carbons (Fsp3) is 0.471. The molecule has 0 radical (unpaired) electrons. The van der Waals surface area contributed by atoms with E-state index in [-0.39, 0.29) is 24.7 Å². The van der Waals surface area contributed by atoms with E-state index in [0.717, 1.165) is 5.56 Å². The van der Waals surface area contributed by atoms with E-state index in [4.69, 9.17) is 4.74 Å². The third-order valence-electron chi connectivity index (χ3n) is 4.79. The summed E-state index contributed by atoms with van der Waals surface area (Å²) in [5.41, 5.74) is 1.31. The van der Waals surface area contributed by atoms with Crippen LogP contribution in [0.4, 0.5) is 14.6 Å². The predicted molar refractivity (Wildman–Crippen MR) is 92.9 cm³/mol. The molecule has 1 aliphatic carbocycles. The standard InChI is InChI=1S/C17H19F2N3O3S/c18-17(19)7-5-14(6-8-17)25-13-3-1-12(2-4-13)15-16-21-26(23,24)10-9-22(16)11-20-15/h1-4,11,14,21H,5-10H2. The van der Waals surface area contributed by atoms with Crippen molar-refractivity contribution >= 4 is 15.8 Å². The van der Waals surface area contributed by atoms with Crippen LogP contribution in [-0.4, -0.2) is 35.7 Å². The van der Waals surface area contributed by atoms with Crippen LogP contribution in [0.2, 0.25) is 0 Å². The van der Waals surface area contributed by atoms with Crippen LogP contribution < -0.4 is 9.46 Å². The molecule has 1 fully saturated rings. The molecule has 6 nitrogen and oxygen atoms in total. The molecule has 2 heterocycles. The topological polar surface area (TPSA) is 73.2 Å². The van der Waals surface area contributed by atoms with Gasteiger partial charge in [0, 0.05) is 24.9 Å². The number of nitrogens with zero attached hydrogens (tertiary/aromatic N) is 2. The van der Waals surface area contributed by atoms with Crippen molar-refractivity contribution in [3.8, 4) is 17.0 Å². The first-order chi connectivity index (χ1) is 12.3. The molecule has 0 spiro atoms. The number of sulfonamides is 1. The first kappa shape index (κ1) is 17.3. The normalized spacial score (nSPS) is 21.6. The summed E-state index contributed by atoms with van der Waals surface area (Å²) in [6.45, 7) is 0.366. The van der Waals surface area contributed by atoms with E-state index in [1.807, 2.05) is 0 Å². The molecule has 0 saturated heterocycles. The van der Waals surface area contributed by atoms with Crippen LogP contribution in [-0.2, 0) is 16.6 Å². The van der Waals surface area contributed by atoms with Crippen molar-refractivity contribution in [3.63, 3.8) is 0 Å². The second-order valence-corrected chi connectivity index (χ2v) is 8.60. The number of ether oxygens (including phenoxy) is 1. The van der Waals surface area contributed by atoms with Crippen molar-refractivity contribution in [1.82, 2.24) is 9.55 Å². The van der Waals surface area contributed by atoms with E-state index in [1.54, 1.807) is 35.2 Å². The lowest BCUT2D eigenvalue weighted by Crippen LogP contribution is -2.30. The van der Waals surface area contributed by atoms with Crippen LogP contribution in [0.5, 0.6) is 5.75 Å². The largest absolute Gasteiger partial charge is 0.490 e. The molecule has 1 saturated carbocycles. The number of aromatic nitrogens is 2. The summed E-state index contributed by atoms with van der Waals surface area (Å²) in [5.74, 6) is -1.47. The summed E-state index contributed by atoms with van der Waals surface area (Å²) in [4.78, 5) is 4.31. The molecule has 0 atom stereocenters. The Kier molecular flexibility index (Phi) is 4.13. The number of rotatable bonds is 3. The molecular formula is C17H19F2N3O3S. The number of hydrogen-bond acceptors (Lipinski definition) is 4. The first-order valence-corrected chi connectivity index (χ1v) is 10.2. The highest BCUT2D eigenvalue weighted by atomic mass is 32.2. The summed E-state index contributed by atoms with van der Waals surface area (Å²) in [6, 6.07) is 7.09. The van der Waals surface area contributed by atoms with Crippen molar-refractivity contribution in [3.05, 3.63) is 30.6 Å². The maximum Gasteiger partial charge on any atom is 0.248 e. The average Bonchev–Trinajstić information content (AvgIpc) is 2.99. The number of nitrogens with one attached hydrogen (secondary N) is 1.